The van der Waals surface area contributed by atoms with E-state index in [-0.39, 0.29) is 0 Å². The van der Waals surface area contributed by atoms with Crippen LogP contribution >= 0.6 is 0 Å². The van der Waals surface area contributed by atoms with Crippen LogP contribution in [0.5, 0.6) is 0 Å². The van der Waals surface area contributed by atoms with Gasteiger partial charge in [0.1, 0.15) is 0 Å². The van der Waals surface area contributed by atoms with Crippen molar-refractivity contribution >= 4 is 0 Å². The van der Waals surface area contributed by atoms with Gasteiger partial charge in [-0.05, 0) is 38.8 Å². The summed E-state index contributed by atoms with van der Waals surface area (Å²) in [4.78, 5) is 0. The van der Waals surface area contributed by atoms with E-state index >= 15 is 0 Å². The topological polar surface area (TPSA) is 42.7 Å². The second-order valence-electron chi connectivity index (χ2n) is 3.63. The highest BCUT2D eigenvalue weighted by atomic mass is 15.4. The molecule has 1 saturated heterocycles. The average molecular weight is 180 g/mol. The van der Waals surface area contributed by atoms with Crippen LogP contribution in [0.25, 0.3) is 0 Å². The van der Waals surface area contributed by atoms with Gasteiger partial charge in [-0.1, -0.05) is 5.21 Å². The monoisotopic (exact) mass is 180 g/mol. The molecule has 1 N–H and O–H groups in total. The van der Waals surface area contributed by atoms with Crippen LogP contribution in [0.1, 0.15) is 19.0 Å². The molecule has 0 aliphatic carbocycles. The maximum atomic E-state index is 4.14. The van der Waals surface area contributed by atoms with Crippen molar-refractivity contribution in [1.29, 1.82) is 0 Å². The molecule has 1 aromatic rings. The standard InChI is InChI=1S/C9H16N4/c1-2-13-7-9(11-12-13)5-8-3-4-10-6-8/h7-8,10H,2-6H2,1H3. The molecule has 0 saturated carbocycles. The Hall–Kier alpha value is -0.900. The first-order chi connectivity index (χ1) is 6.38. The molecule has 0 aromatic carbocycles. The number of hydrogen-bond acceptors (Lipinski definition) is 3. The van der Waals surface area contributed by atoms with Crippen molar-refractivity contribution in [3.63, 3.8) is 0 Å². The van der Waals surface area contributed by atoms with E-state index in [0.29, 0.717) is 0 Å². The van der Waals surface area contributed by atoms with Crippen LogP contribution in [0, 0.1) is 5.92 Å². The van der Waals surface area contributed by atoms with Crippen molar-refractivity contribution in [2.24, 2.45) is 5.92 Å². The number of nitrogens with one attached hydrogen (secondary N) is 1. The van der Waals surface area contributed by atoms with Crippen LogP contribution in [0.3, 0.4) is 0 Å². The molecule has 0 amide bonds. The summed E-state index contributed by atoms with van der Waals surface area (Å²) in [6.07, 6.45) is 4.41. The summed E-state index contributed by atoms with van der Waals surface area (Å²) in [5.74, 6) is 0.766. The summed E-state index contributed by atoms with van der Waals surface area (Å²) in [7, 11) is 0. The molecule has 4 heteroatoms. The zero-order chi connectivity index (χ0) is 9.10. The van der Waals surface area contributed by atoms with Crippen LogP contribution < -0.4 is 5.32 Å². The van der Waals surface area contributed by atoms with Gasteiger partial charge in [-0.3, -0.25) is 4.68 Å². The Labute approximate surface area is 78.3 Å². The predicted octanol–water partition coefficient (Wildman–Crippen LogP) is 0.450. The third-order valence-electron chi connectivity index (χ3n) is 2.57. The minimum atomic E-state index is 0.766. The molecule has 2 heterocycles. The zero-order valence-corrected chi connectivity index (χ0v) is 8.03. The van der Waals surface area contributed by atoms with E-state index in [1.165, 1.54) is 6.42 Å². The van der Waals surface area contributed by atoms with Crippen molar-refractivity contribution in [2.75, 3.05) is 13.1 Å². The fraction of sp³-hybridized carbons (Fsp3) is 0.778. The Bertz CT molecular complexity index is 262. The van der Waals surface area contributed by atoms with E-state index in [4.69, 9.17) is 0 Å². The van der Waals surface area contributed by atoms with E-state index in [1.54, 1.807) is 0 Å². The second-order valence-corrected chi connectivity index (χ2v) is 3.63. The Morgan fingerprint density at radius 3 is 3.23 bits per heavy atom. The fourth-order valence-electron chi connectivity index (χ4n) is 1.77. The largest absolute Gasteiger partial charge is 0.316 e. The van der Waals surface area contributed by atoms with Gasteiger partial charge in [0.15, 0.2) is 0 Å². The van der Waals surface area contributed by atoms with Crippen molar-refractivity contribution in [2.45, 2.75) is 26.3 Å². The highest BCUT2D eigenvalue weighted by Crippen LogP contribution is 2.12. The molecule has 0 radical (unpaired) electrons. The molecule has 1 atom stereocenters. The second kappa shape index (κ2) is 3.87. The van der Waals surface area contributed by atoms with E-state index in [0.717, 1.165) is 37.7 Å². The molecular weight excluding hydrogens is 164 g/mol. The van der Waals surface area contributed by atoms with Gasteiger partial charge in [-0.25, -0.2) is 0 Å². The van der Waals surface area contributed by atoms with Gasteiger partial charge in [-0.15, -0.1) is 5.10 Å². The molecule has 1 aliphatic rings. The Morgan fingerprint density at radius 1 is 1.69 bits per heavy atom. The first-order valence-corrected chi connectivity index (χ1v) is 4.98. The molecule has 0 spiro atoms. The lowest BCUT2D eigenvalue weighted by atomic mass is 10.0. The molecule has 1 aliphatic heterocycles. The molecule has 72 valence electrons. The normalized spacial score (nSPS) is 22.4. The van der Waals surface area contributed by atoms with Crippen molar-refractivity contribution < 1.29 is 0 Å². The predicted molar refractivity (Wildman–Crippen MR) is 50.4 cm³/mol. The van der Waals surface area contributed by atoms with Gasteiger partial charge < -0.3 is 5.32 Å². The number of rotatable bonds is 3. The Balaban J connectivity index is 1.92. The molecule has 2 rings (SSSR count). The first kappa shape index (κ1) is 8.69. The number of hydrogen-bond donors (Lipinski definition) is 1. The third kappa shape index (κ3) is 2.06. The minimum absolute atomic E-state index is 0.766. The molecule has 4 nitrogen and oxygen atoms in total. The SMILES string of the molecule is CCn1cc(CC2CCNC2)nn1. The van der Waals surface area contributed by atoms with Crippen molar-refractivity contribution in [1.82, 2.24) is 20.3 Å². The first-order valence-electron chi connectivity index (χ1n) is 4.98. The van der Waals surface area contributed by atoms with Gasteiger partial charge in [0.2, 0.25) is 0 Å². The molecule has 1 aromatic heterocycles. The summed E-state index contributed by atoms with van der Waals surface area (Å²) in [6, 6.07) is 0. The van der Waals surface area contributed by atoms with Gasteiger partial charge in [0, 0.05) is 12.7 Å². The van der Waals surface area contributed by atoms with Gasteiger partial charge in [0.05, 0.1) is 5.69 Å². The lowest BCUT2D eigenvalue weighted by Crippen LogP contribution is -2.10. The average Bonchev–Trinajstić information content (AvgIpc) is 2.76. The maximum absolute atomic E-state index is 4.14. The Morgan fingerprint density at radius 2 is 2.62 bits per heavy atom. The van der Waals surface area contributed by atoms with E-state index in [1.807, 2.05) is 4.68 Å². The van der Waals surface area contributed by atoms with Gasteiger partial charge >= 0.3 is 0 Å². The molecule has 1 unspecified atom stereocenters. The maximum Gasteiger partial charge on any atom is 0.0830 e. The zero-order valence-electron chi connectivity index (χ0n) is 8.03. The van der Waals surface area contributed by atoms with Gasteiger partial charge in [-0.2, -0.15) is 0 Å². The van der Waals surface area contributed by atoms with Crippen LogP contribution in [0.4, 0.5) is 0 Å². The third-order valence-corrected chi connectivity index (χ3v) is 2.57. The minimum Gasteiger partial charge on any atom is -0.316 e. The quantitative estimate of drug-likeness (QED) is 0.734. The lowest BCUT2D eigenvalue weighted by Gasteiger charge is -2.03. The molecular formula is C9H16N4. The fourth-order valence-corrected chi connectivity index (χ4v) is 1.77. The van der Waals surface area contributed by atoms with Crippen LogP contribution in [-0.4, -0.2) is 28.1 Å². The summed E-state index contributed by atoms with van der Waals surface area (Å²) in [5.41, 5.74) is 1.13. The molecule has 13 heavy (non-hydrogen) atoms. The van der Waals surface area contributed by atoms with Crippen molar-refractivity contribution in [3.8, 4) is 0 Å². The van der Waals surface area contributed by atoms with Crippen molar-refractivity contribution in [3.05, 3.63) is 11.9 Å². The van der Waals surface area contributed by atoms with E-state index in [9.17, 15) is 0 Å². The van der Waals surface area contributed by atoms with E-state index in [2.05, 4.69) is 28.7 Å². The van der Waals surface area contributed by atoms with Crippen LogP contribution in [0.15, 0.2) is 6.20 Å². The molecule has 1 fully saturated rings. The summed E-state index contributed by atoms with van der Waals surface area (Å²) in [5, 5.41) is 11.5. The smallest absolute Gasteiger partial charge is 0.0830 e. The van der Waals surface area contributed by atoms with Crippen LogP contribution in [-0.2, 0) is 13.0 Å². The summed E-state index contributed by atoms with van der Waals surface area (Å²) >= 11 is 0. The highest BCUT2D eigenvalue weighted by Gasteiger charge is 2.16. The summed E-state index contributed by atoms with van der Waals surface area (Å²) in [6.45, 7) is 5.29. The van der Waals surface area contributed by atoms with Gasteiger partial charge in [0.25, 0.3) is 0 Å². The highest BCUT2D eigenvalue weighted by molar-refractivity contribution is 4.95. The van der Waals surface area contributed by atoms with E-state index < -0.39 is 0 Å². The number of aromatic nitrogens is 3. The van der Waals surface area contributed by atoms with Crippen LogP contribution in [0.2, 0.25) is 0 Å². The summed E-state index contributed by atoms with van der Waals surface area (Å²) < 4.78 is 1.89. The number of nitrogens with zero attached hydrogens (tertiary/aromatic N) is 3. The number of aryl methyl sites for hydroxylation is 1. The molecule has 0 bridgehead atoms. The lowest BCUT2D eigenvalue weighted by molar-refractivity contribution is 0.570. The Kier molecular flexibility index (Phi) is 2.59.